The molecule has 0 fully saturated rings. The van der Waals surface area contributed by atoms with Gasteiger partial charge in [0.2, 0.25) is 0 Å². The summed E-state index contributed by atoms with van der Waals surface area (Å²) in [4.78, 5) is 0. The fourth-order valence-corrected chi connectivity index (χ4v) is 0.602. The molecule has 13 heavy (non-hydrogen) atoms. The highest BCUT2D eigenvalue weighted by atomic mass is 16.3. The van der Waals surface area contributed by atoms with E-state index in [9.17, 15) is 0 Å². The molecule has 0 aliphatic rings. The average molecular weight is 194 g/mol. The molecule has 0 spiro atoms. The summed E-state index contributed by atoms with van der Waals surface area (Å²) in [6, 6.07) is 0. The molecule has 4 nitrogen and oxygen atoms in total. The van der Waals surface area contributed by atoms with Gasteiger partial charge in [-0.2, -0.15) is 0 Å². The maximum absolute atomic E-state index is 8.74. The molecule has 1 unspecified atom stereocenters. The van der Waals surface area contributed by atoms with E-state index in [0.29, 0.717) is 6.42 Å². The topological polar surface area (TPSA) is 80.9 Å². The summed E-state index contributed by atoms with van der Waals surface area (Å²) >= 11 is 0. The largest absolute Gasteiger partial charge is 0.396 e. The van der Waals surface area contributed by atoms with E-state index in [1.54, 1.807) is 0 Å². The first kappa shape index (κ1) is 15.3. The standard InChI is InChI=1S/C6H14O2.C3H8O2/c1-2-3-4-6(8)5-7;4-2-1-3-5/h6-8H,2-5H2,1H3;4-5H,1-3H2. The van der Waals surface area contributed by atoms with E-state index in [0.717, 1.165) is 19.3 Å². The summed E-state index contributed by atoms with van der Waals surface area (Å²) in [6.07, 6.45) is 2.82. The Morgan fingerprint density at radius 1 is 1.00 bits per heavy atom. The summed E-state index contributed by atoms with van der Waals surface area (Å²) in [6.45, 7) is 2.15. The minimum absolute atomic E-state index is 0.0938. The van der Waals surface area contributed by atoms with E-state index in [1.807, 2.05) is 0 Å². The molecule has 0 aromatic heterocycles. The molecule has 0 saturated heterocycles. The Labute approximate surface area is 79.8 Å². The smallest absolute Gasteiger partial charge is 0.0770 e. The van der Waals surface area contributed by atoms with Crippen molar-refractivity contribution in [3.05, 3.63) is 0 Å². The van der Waals surface area contributed by atoms with Gasteiger partial charge >= 0.3 is 0 Å². The molecule has 4 heteroatoms. The molecule has 4 N–H and O–H groups in total. The van der Waals surface area contributed by atoms with Crippen LogP contribution < -0.4 is 0 Å². The summed E-state index contributed by atoms with van der Waals surface area (Å²) in [5.74, 6) is 0. The van der Waals surface area contributed by atoms with Crippen LogP contribution >= 0.6 is 0 Å². The third kappa shape index (κ3) is 18.7. The van der Waals surface area contributed by atoms with Gasteiger partial charge in [0.25, 0.3) is 0 Å². The highest BCUT2D eigenvalue weighted by Gasteiger charge is 1.97. The third-order valence-electron chi connectivity index (χ3n) is 1.42. The number of aliphatic hydroxyl groups excluding tert-OH is 4. The van der Waals surface area contributed by atoms with Crippen LogP contribution in [0.15, 0.2) is 0 Å². The van der Waals surface area contributed by atoms with Crippen molar-refractivity contribution in [3.63, 3.8) is 0 Å². The van der Waals surface area contributed by atoms with Crippen LogP contribution in [0.2, 0.25) is 0 Å². The van der Waals surface area contributed by atoms with Crippen molar-refractivity contribution in [1.82, 2.24) is 0 Å². The van der Waals surface area contributed by atoms with E-state index < -0.39 is 6.10 Å². The van der Waals surface area contributed by atoms with Gasteiger partial charge in [-0.15, -0.1) is 0 Å². The maximum Gasteiger partial charge on any atom is 0.0770 e. The van der Waals surface area contributed by atoms with Crippen LogP contribution in [0.3, 0.4) is 0 Å². The minimum Gasteiger partial charge on any atom is -0.396 e. The summed E-state index contributed by atoms with van der Waals surface area (Å²) in [5, 5.41) is 32.9. The molecule has 0 amide bonds. The van der Waals surface area contributed by atoms with E-state index in [2.05, 4.69) is 6.92 Å². The van der Waals surface area contributed by atoms with Crippen LogP contribution in [0, 0.1) is 0 Å². The Kier molecular flexibility index (Phi) is 16.9. The van der Waals surface area contributed by atoms with E-state index in [1.165, 1.54) is 0 Å². The van der Waals surface area contributed by atoms with Crippen molar-refractivity contribution >= 4 is 0 Å². The van der Waals surface area contributed by atoms with Crippen LogP contribution in [0.5, 0.6) is 0 Å². The summed E-state index contributed by atoms with van der Waals surface area (Å²) in [5.41, 5.74) is 0. The van der Waals surface area contributed by atoms with Crippen LogP contribution in [-0.4, -0.2) is 46.4 Å². The number of aliphatic hydroxyl groups is 4. The number of hydrogen-bond acceptors (Lipinski definition) is 4. The Morgan fingerprint density at radius 3 is 1.77 bits per heavy atom. The molecule has 0 saturated carbocycles. The lowest BCUT2D eigenvalue weighted by molar-refractivity contribution is 0.0865. The minimum atomic E-state index is -0.491. The third-order valence-corrected chi connectivity index (χ3v) is 1.42. The van der Waals surface area contributed by atoms with Crippen LogP contribution in [0.4, 0.5) is 0 Å². The van der Waals surface area contributed by atoms with Crippen molar-refractivity contribution in [2.75, 3.05) is 19.8 Å². The van der Waals surface area contributed by atoms with Gasteiger partial charge in [-0.1, -0.05) is 19.8 Å². The van der Waals surface area contributed by atoms with Gasteiger partial charge in [-0.25, -0.2) is 0 Å². The first-order valence-electron chi connectivity index (χ1n) is 4.73. The number of unbranched alkanes of at least 4 members (excludes halogenated alkanes) is 1. The lowest BCUT2D eigenvalue weighted by Gasteiger charge is -2.02. The average Bonchev–Trinajstić information content (AvgIpc) is 2.16. The quantitative estimate of drug-likeness (QED) is 0.475. The van der Waals surface area contributed by atoms with Crippen molar-refractivity contribution in [2.45, 2.75) is 38.7 Å². The Hall–Kier alpha value is -0.160. The van der Waals surface area contributed by atoms with Gasteiger partial charge in [-0.05, 0) is 12.8 Å². The van der Waals surface area contributed by atoms with Crippen molar-refractivity contribution in [2.24, 2.45) is 0 Å². The number of hydrogen-bond donors (Lipinski definition) is 4. The second kappa shape index (κ2) is 14.4. The van der Waals surface area contributed by atoms with Crippen LogP contribution in [-0.2, 0) is 0 Å². The highest BCUT2D eigenvalue weighted by Crippen LogP contribution is 1.97. The molecule has 0 aliphatic heterocycles. The van der Waals surface area contributed by atoms with E-state index in [-0.39, 0.29) is 19.8 Å². The Bertz CT molecular complexity index is 76.0. The molecule has 0 radical (unpaired) electrons. The van der Waals surface area contributed by atoms with E-state index in [4.69, 9.17) is 20.4 Å². The molecular formula is C9H22O4. The predicted molar refractivity (Wildman–Crippen MR) is 51.4 cm³/mol. The molecular weight excluding hydrogens is 172 g/mol. The zero-order valence-corrected chi connectivity index (χ0v) is 8.32. The van der Waals surface area contributed by atoms with Gasteiger partial charge in [-0.3, -0.25) is 0 Å². The number of rotatable bonds is 6. The molecule has 82 valence electrons. The zero-order chi connectivity index (χ0) is 10.5. The normalized spacial score (nSPS) is 11.8. The summed E-state index contributed by atoms with van der Waals surface area (Å²) < 4.78 is 0. The molecule has 0 aromatic rings. The molecule has 0 bridgehead atoms. The molecule has 0 heterocycles. The monoisotopic (exact) mass is 194 g/mol. The fourth-order valence-electron chi connectivity index (χ4n) is 0.602. The maximum atomic E-state index is 8.74. The first-order chi connectivity index (χ1) is 6.22. The molecule has 0 aliphatic carbocycles. The van der Waals surface area contributed by atoms with Gasteiger partial charge in [0.05, 0.1) is 12.7 Å². The van der Waals surface area contributed by atoms with Crippen molar-refractivity contribution < 1.29 is 20.4 Å². The SMILES string of the molecule is CCCCC(O)CO.OCCCO. The van der Waals surface area contributed by atoms with Gasteiger partial charge < -0.3 is 20.4 Å². The lowest BCUT2D eigenvalue weighted by atomic mass is 10.2. The first-order valence-corrected chi connectivity index (χ1v) is 4.73. The van der Waals surface area contributed by atoms with Gasteiger partial charge in [0.15, 0.2) is 0 Å². The second-order valence-electron chi connectivity index (χ2n) is 2.78. The van der Waals surface area contributed by atoms with Crippen molar-refractivity contribution in [3.8, 4) is 0 Å². The molecule has 0 rings (SSSR count). The van der Waals surface area contributed by atoms with Gasteiger partial charge in [0, 0.05) is 13.2 Å². The molecule has 0 aromatic carbocycles. The van der Waals surface area contributed by atoms with E-state index >= 15 is 0 Å². The fraction of sp³-hybridized carbons (Fsp3) is 1.00. The highest BCUT2D eigenvalue weighted by molar-refractivity contribution is 4.50. The van der Waals surface area contributed by atoms with Crippen LogP contribution in [0.1, 0.15) is 32.6 Å². The lowest BCUT2D eigenvalue weighted by Crippen LogP contribution is -2.10. The van der Waals surface area contributed by atoms with Crippen molar-refractivity contribution in [1.29, 1.82) is 0 Å². The zero-order valence-electron chi connectivity index (χ0n) is 8.32. The summed E-state index contributed by atoms with van der Waals surface area (Å²) in [7, 11) is 0. The molecule has 1 atom stereocenters. The predicted octanol–water partition coefficient (Wildman–Crippen LogP) is -0.109. The van der Waals surface area contributed by atoms with Crippen LogP contribution in [0.25, 0.3) is 0 Å². The second-order valence-corrected chi connectivity index (χ2v) is 2.78. The Balaban J connectivity index is 0. The Morgan fingerprint density at radius 2 is 1.54 bits per heavy atom. The van der Waals surface area contributed by atoms with Gasteiger partial charge in [0.1, 0.15) is 0 Å².